The number of rotatable bonds is 47. The molecule has 0 aliphatic carbocycles. The van der Waals surface area contributed by atoms with Gasteiger partial charge in [0.2, 0.25) is 0 Å². The van der Waals surface area contributed by atoms with Gasteiger partial charge in [0, 0.05) is 19.3 Å². The summed E-state index contributed by atoms with van der Waals surface area (Å²) in [5.41, 5.74) is 0. The number of carboxylic acids is 1. The van der Waals surface area contributed by atoms with Gasteiger partial charge in [0.15, 0.2) is 6.10 Å². The van der Waals surface area contributed by atoms with E-state index in [0.717, 1.165) is 96.3 Å². The molecule has 8 nitrogen and oxygen atoms in total. The Kier molecular flexibility index (Phi) is 45.4. The van der Waals surface area contributed by atoms with Gasteiger partial charge < -0.3 is 28.6 Å². The predicted molar refractivity (Wildman–Crippen MR) is 277 cm³/mol. The average Bonchev–Trinajstić information content (AvgIpc) is 3.28. The highest BCUT2D eigenvalue weighted by Crippen LogP contribution is 2.15. The van der Waals surface area contributed by atoms with Crippen molar-refractivity contribution in [1.29, 1.82) is 0 Å². The molecule has 0 aromatic carbocycles. The molecular formula is C58H99NO7. The van der Waals surface area contributed by atoms with Crippen molar-refractivity contribution >= 4 is 17.9 Å². The first kappa shape index (κ1) is 62.5. The van der Waals surface area contributed by atoms with Gasteiger partial charge in [-0.25, -0.2) is 0 Å². The van der Waals surface area contributed by atoms with E-state index in [-0.39, 0.29) is 42.7 Å². The fourth-order valence-corrected chi connectivity index (χ4v) is 7.49. The number of carbonyl (C=O) groups is 3. The number of ether oxygens (including phenoxy) is 3. The van der Waals surface area contributed by atoms with Gasteiger partial charge in [-0.2, -0.15) is 0 Å². The maximum Gasteiger partial charge on any atom is 0.306 e. The molecule has 8 heteroatoms. The summed E-state index contributed by atoms with van der Waals surface area (Å²) in [6.07, 6.45) is 63.3. The molecule has 0 saturated heterocycles. The molecule has 0 saturated carbocycles. The predicted octanol–water partition coefficient (Wildman–Crippen LogP) is 14.3. The maximum atomic E-state index is 12.8. The van der Waals surface area contributed by atoms with E-state index in [1.165, 1.54) is 83.5 Å². The lowest BCUT2D eigenvalue weighted by Crippen LogP contribution is -2.55. The number of nitrogens with zero attached hydrogens (tertiary/aromatic N) is 1. The molecule has 0 aliphatic heterocycles. The van der Waals surface area contributed by atoms with E-state index in [1.807, 2.05) is 0 Å². The van der Waals surface area contributed by atoms with Crippen LogP contribution in [0.25, 0.3) is 0 Å². The second kappa shape index (κ2) is 48.0. The fraction of sp³-hybridized carbons (Fsp3) is 0.707. The summed E-state index contributed by atoms with van der Waals surface area (Å²) in [5, 5.41) is 11.7. The Balaban J connectivity index is 4.23. The smallest absolute Gasteiger partial charge is 0.306 e. The Morgan fingerprint density at radius 1 is 0.455 bits per heavy atom. The van der Waals surface area contributed by atoms with Crippen LogP contribution in [0.5, 0.6) is 0 Å². The molecule has 378 valence electrons. The largest absolute Gasteiger partial charge is 0.544 e. The van der Waals surface area contributed by atoms with E-state index in [9.17, 15) is 19.5 Å². The fourth-order valence-electron chi connectivity index (χ4n) is 7.49. The van der Waals surface area contributed by atoms with Crippen molar-refractivity contribution in [2.45, 2.75) is 225 Å². The van der Waals surface area contributed by atoms with Crippen molar-refractivity contribution in [1.82, 2.24) is 0 Å². The van der Waals surface area contributed by atoms with Crippen molar-refractivity contribution in [2.75, 3.05) is 41.0 Å². The molecule has 0 aromatic heterocycles. The normalized spacial score (nSPS) is 13.5. The molecule has 2 unspecified atom stereocenters. The van der Waals surface area contributed by atoms with Crippen LogP contribution in [0.1, 0.15) is 213 Å². The van der Waals surface area contributed by atoms with Crippen molar-refractivity contribution < 1.29 is 38.2 Å². The standard InChI is InChI=1S/C58H99NO7/c1-6-8-10-12-14-16-18-20-22-24-26-27-28-29-31-32-34-36-38-40-42-44-46-48-56(60)65-53-54(52-64-51-50-55(58(62)63)59(3,4)5)66-57(61)49-47-45-43-41-39-37-35-33-30-25-23-21-19-17-15-13-11-9-7-2/h8-11,14-17,20-23,30,33,54-55H,6-7,12-13,18-19,24-29,31-32,34-53H2,1-5H3/b10-8+,11-9+,16-14+,17-15+,22-20+,23-21+,33-30+. The van der Waals surface area contributed by atoms with Crippen molar-refractivity contribution in [3.8, 4) is 0 Å². The number of likely N-dealkylation sites (N-methyl/N-ethyl adjacent to an activating group) is 1. The summed E-state index contributed by atoms with van der Waals surface area (Å²) in [6.45, 7) is 4.43. The van der Waals surface area contributed by atoms with Gasteiger partial charge in [0.1, 0.15) is 12.6 Å². The second-order valence-electron chi connectivity index (χ2n) is 18.7. The minimum Gasteiger partial charge on any atom is -0.544 e. The van der Waals surface area contributed by atoms with Gasteiger partial charge in [-0.05, 0) is 83.5 Å². The molecule has 0 fully saturated rings. The van der Waals surface area contributed by atoms with Gasteiger partial charge in [-0.15, -0.1) is 0 Å². The average molecular weight is 922 g/mol. The molecular weight excluding hydrogens is 823 g/mol. The Labute approximate surface area is 405 Å². The number of carboxylic acid groups (broad SMARTS) is 1. The van der Waals surface area contributed by atoms with Crippen LogP contribution in [0.4, 0.5) is 0 Å². The van der Waals surface area contributed by atoms with Gasteiger partial charge in [0.05, 0.1) is 40.3 Å². The van der Waals surface area contributed by atoms with Crippen LogP contribution in [0, 0.1) is 0 Å². The molecule has 0 rings (SSSR count). The third-order valence-corrected chi connectivity index (χ3v) is 11.5. The van der Waals surface area contributed by atoms with E-state index in [1.54, 1.807) is 21.1 Å². The Bertz CT molecular complexity index is 1350. The number of allylic oxidation sites excluding steroid dienone is 14. The first-order valence-corrected chi connectivity index (χ1v) is 26.6. The number of hydrogen-bond donors (Lipinski definition) is 0. The first-order valence-electron chi connectivity index (χ1n) is 26.6. The second-order valence-corrected chi connectivity index (χ2v) is 18.7. The molecule has 66 heavy (non-hydrogen) atoms. The van der Waals surface area contributed by atoms with E-state index in [4.69, 9.17) is 14.2 Å². The molecule has 0 N–H and O–H groups in total. The van der Waals surface area contributed by atoms with E-state index in [0.29, 0.717) is 12.8 Å². The topological polar surface area (TPSA) is 102 Å². The van der Waals surface area contributed by atoms with Gasteiger partial charge in [0.25, 0.3) is 0 Å². The van der Waals surface area contributed by atoms with Crippen molar-refractivity contribution in [3.63, 3.8) is 0 Å². The number of hydrogen-bond acceptors (Lipinski definition) is 7. The molecule has 0 aliphatic rings. The number of unbranched alkanes of at least 4 members (excludes halogenated alkanes) is 19. The summed E-state index contributed by atoms with van der Waals surface area (Å²) in [6, 6.07) is -0.733. The van der Waals surface area contributed by atoms with Crippen LogP contribution < -0.4 is 5.11 Å². The lowest BCUT2D eigenvalue weighted by molar-refractivity contribution is -0.889. The molecule has 0 aromatic rings. The SMILES string of the molecule is CC/C=C/C/C=C/C/C=C/C/C=C/CCCCCCCCC(=O)OC(COCCC(C(=O)[O-])[N+](C)(C)C)COC(=O)CCCCCCCCCCCCCCC/C=C/C/C=C/C/C=C/CC. The molecule has 0 bridgehead atoms. The minimum absolute atomic E-state index is 0.0312. The quantitative estimate of drug-likeness (QED) is 0.0259. The van der Waals surface area contributed by atoms with Gasteiger partial charge >= 0.3 is 11.9 Å². The van der Waals surface area contributed by atoms with E-state index < -0.39 is 18.1 Å². The van der Waals surface area contributed by atoms with Crippen LogP contribution >= 0.6 is 0 Å². The molecule has 0 spiro atoms. The maximum absolute atomic E-state index is 12.8. The minimum atomic E-state index is -1.13. The molecule has 0 heterocycles. The highest BCUT2D eigenvalue weighted by molar-refractivity contribution is 5.70. The summed E-state index contributed by atoms with van der Waals surface area (Å²) < 4.78 is 17.3. The Morgan fingerprint density at radius 2 is 0.803 bits per heavy atom. The summed E-state index contributed by atoms with van der Waals surface area (Å²) >= 11 is 0. The van der Waals surface area contributed by atoms with Crippen LogP contribution in [0.2, 0.25) is 0 Å². The number of esters is 2. The van der Waals surface area contributed by atoms with Crippen molar-refractivity contribution in [2.24, 2.45) is 0 Å². The highest BCUT2D eigenvalue weighted by Gasteiger charge is 2.25. The molecule has 2 atom stereocenters. The zero-order valence-electron chi connectivity index (χ0n) is 43.1. The Morgan fingerprint density at radius 3 is 1.18 bits per heavy atom. The number of carbonyl (C=O) groups excluding carboxylic acids is 3. The van der Waals surface area contributed by atoms with Gasteiger partial charge in [-0.1, -0.05) is 195 Å². The summed E-state index contributed by atoms with van der Waals surface area (Å²) in [5.74, 6) is -1.76. The zero-order valence-corrected chi connectivity index (χ0v) is 43.1. The summed E-state index contributed by atoms with van der Waals surface area (Å²) in [7, 11) is 5.41. The molecule has 0 amide bonds. The monoisotopic (exact) mass is 922 g/mol. The lowest BCUT2D eigenvalue weighted by atomic mass is 10.0. The van der Waals surface area contributed by atoms with Crippen LogP contribution in [0.15, 0.2) is 85.1 Å². The lowest BCUT2D eigenvalue weighted by Gasteiger charge is -2.34. The van der Waals surface area contributed by atoms with Crippen LogP contribution in [-0.4, -0.2) is 75.5 Å². The first-order chi connectivity index (χ1) is 32.1. The van der Waals surface area contributed by atoms with E-state index in [2.05, 4.69) is 98.9 Å². The van der Waals surface area contributed by atoms with Crippen LogP contribution in [-0.2, 0) is 28.6 Å². The summed E-state index contributed by atoms with van der Waals surface area (Å²) in [4.78, 5) is 37.1. The van der Waals surface area contributed by atoms with Crippen molar-refractivity contribution in [3.05, 3.63) is 85.1 Å². The van der Waals surface area contributed by atoms with Gasteiger partial charge in [-0.3, -0.25) is 9.59 Å². The third-order valence-electron chi connectivity index (χ3n) is 11.5. The Hall–Kier alpha value is -3.49. The zero-order chi connectivity index (χ0) is 48.4. The number of quaternary nitrogens is 1. The van der Waals surface area contributed by atoms with E-state index >= 15 is 0 Å². The molecule has 0 radical (unpaired) electrons. The third kappa shape index (κ3) is 45.7. The highest BCUT2D eigenvalue weighted by atomic mass is 16.6. The number of aliphatic carboxylic acids is 1. The van der Waals surface area contributed by atoms with Crippen LogP contribution in [0.3, 0.4) is 0 Å².